The number of carbonyl (C=O) groups excluding carboxylic acids is 2. The Morgan fingerprint density at radius 1 is 1.15 bits per heavy atom. The summed E-state index contributed by atoms with van der Waals surface area (Å²) in [7, 11) is 0. The van der Waals surface area contributed by atoms with E-state index < -0.39 is 29.4 Å². The lowest BCUT2D eigenvalue weighted by Crippen LogP contribution is -2.28. The summed E-state index contributed by atoms with van der Waals surface area (Å²) >= 11 is 5.69. The van der Waals surface area contributed by atoms with Crippen LogP contribution in [-0.4, -0.2) is 21.8 Å². The molecule has 3 heterocycles. The number of hydrogen-bond acceptors (Lipinski definition) is 6. The fraction of sp³-hybridized carbons (Fsp3) is 0.0870. The molecule has 5 rings (SSSR count). The summed E-state index contributed by atoms with van der Waals surface area (Å²) in [6.07, 6.45) is 0. The van der Waals surface area contributed by atoms with E-state index >= 15 is 0 Å². The number of halogens is 3. The third kappa shape index (κ3) is 3.58. The Balaban J connectivity index is 1.71. The van der Waals surface area contributed by atoms with Crippen LogP contribution in [0.1, 0.15) is 22.0 Å². The van der Waals surface area contributed by atoms with Crippen molar-refractivity contribution < 1.29 is 23.5 Å². The fourth-order valence-corrected chi connectivity index (χ4v) is 5.78. The van der Waals surface area contributed by atoms with E-state index in [4.69, 9.17) is 0 Å². The molecule has 0 radical (unpaired) electrons. The maximum atomic E-state index is 13.7. The van der Waals surface area contributed by atoms with Gasteiger partial charge in [0.2, 0.25) is 0 Å². The monoisotopic (exact) mass is 546 g/mol. The van der Waals surface area contributed by atoms with Gasteiger partial charge in [0.15, 0.2) is 16.8 Å². The van der Waals surface area contributed by atoms with Gasteiger partial charge in [0.25, 0.3) is 5.78 Å². The number of rotatable bonds is 3. The zero-order chi connectivity index (χ0) is 23.4. The number of fused-ring (bicyclic) bond motifs is 1. The summed E-state index contributed by atoms with van der Waals surface area (Å²) < 4.78 is 28.6. The Labute approximate surface area is 202 Å². The van der Waals surface area contributed by atoms with Gasteiger partial charge in [-0.1, -0.05) is 39.4 Å². The molecule has 5 nitrogen and oxygen atoms in total. The number of anilines is 1. The molecule has 0 aliphatic carbocycles. The Kier molecular flexibility index (Phi) is 5.38. The molecule has 166 valence electrons. The van der Waals surface area contributed by atoms with Crippen LogP contribution in [0.5, 0.6) is 0 Å². The Hall–Kier alpha value is -2.95. The van der Waals surface area contributed by atoms with Crippen LogP contribution >= 0.6 is 38.6 Å². The van der Waals surface area contributed by atoms with Crippen molar-refractivity contribution >= 4 is 71.4 Å². The minimum absolute atomic E-state index is 0.0687. The highest BCUT2D eigenvalue weighted by Crippen LogP contribution is 2.45. The lowest BCUT2D eigenvalue weighted by molar-refractivity contribution is -0.132. The second-order valence-corrected chi connectivity index (χ2v) is 10.2. The van der Waals surface area contributed by atoms with E-state index in [0.29, 0.717) is 15.1 Å². The lowest BCUT2D eigenvalue weighted by atomic mass is 9.99. The van der Waals surface area contributed by atoms with E-state index in [1.54, 1.807) is 35.7 Å². The number of benzene rings is 2. The molecule has 33 heavy (non-hydrogen) atoms. The van der Waals surface area contributed by atoms with Crippen LogP contribution in [0.4, 0.5) is 13.9 Å². The zero-order valence-electron chi connectivity index (χ0n) is 16.8. The zero-order valence-corrected chi connectivity index (χ0v) is 20.0. The number of hydrogen-bond donors (Lipinski definition) is 1. The highest BCUT2D eigenvalue weighted by atomic mass is 79.9. The van der Waals surface area contributed by atoms with Gasteiger partial charge in [-0.2, -0.15) is 0 Å². The molecular formula is C23H13BrF2N2O3S2. The molecule has 1 N–H and O–H groups in total. The molecular weight excluding hydrogens is 534 g/mol. The smallest absolute Gasteiger partial charge is 0.301 e. The molecule has 1 atom stereocenters. The highest BCUT2D eigenvalue weighted by Gasteiger charge is 2.48. The first kappa shape index (κ1) is 21.9. The van der Waals surface area contributed by atoms with E-state index in [1.807, 2.05) is 6.92 Å². The molecule has 1 unspecified atom stereocenters. The summed E-state index contributed by atoms with van der Waals surface area (Å²) in [6, 6.07) is 9.66. The summed E-state index contributed by atoms with van der Waals surface area (Å²) in [5.74, 6) is -4.11. The average Bonchev–Trinajstić information content (AvgIpc) is 3.49. The molecule has 1 saturated heterocycles. The van der Waals surface area contributed by atoms with Gasteiger partial charge < -0.3 is 5.11 Å². The number of Topliss-reactive ketones (excluding diaryl/α,β-unsaturated/α-hetero) is 1. The molecule has 2 aromatic carbocycles. The molecule has 1 amide bonds. The van der Waals surface area contributed by atoms with Crippen LogP contribution in [0, 0.1) is 18.6 Å². The van der Waals surface area contributed by atoms with Crippen molar-refractivity contribution in [2.75, 3.05) is 4.90 Å². The van der Waals surface area contributed by atoms with Crippen LogP contribution in [0.3, 0.4) is 0 Å². The number of aliphatic hydroxyl groups excluding tert-OH is 1. The van der Waals surface area contributed by atoms with Crippen molar-refractivity contribution in [3.05, 3.63) is 85.5 Å². The molecule has 4 aromatic rings. The van der Waals surface area contributed by atoms with Crippen LogP contribution in [0.2, 0.25) is 0 Å². The Morgan fingerprint density at radius 3 is 2.61 bits per heavy atom. The Morgan fingerprint density at radius 2 is 1.91 bits per heavy atom. The van der Waals surface area contributed by atoms with E-state index in [9.17, 15) is 23.5 Å². The van der Waals surface area contributed by atoms with Gasteiger partial charge in [-0.3, -0.25) is 14.5 Å². The minimum Gasteiger partial charge on any atom is -0.507 e. The summed E-state index contributed by atoms with van der Waals surface area (Å²) in [5, 5.41) is 13.0. The predicted molar refractivity (Wildman–Crippen MR) is 128 cm³/mol. The first-order valence-electron chi connectivity index (χ1n) is 9.62. The van der Waals surface area contributed by atoms with Gasteiger partial charge in [-0.25, -0.2) is 13.8 Å². The largest absolute Gasteiger partial charge is 0.507 e. The maximum absolute atomic E-state index is 13.7. The van der Waals surface area contributed by atoms with Gasteiger partial charge in [0.1, 0.15) is 11.8 Å². The van der Waals surface area contributed by atoms with Crippen molar-refractivity contribution in [3.8, 4) is 0 Å². The van der Waals surface area contributed by atoms with Gasteiger partial charge in [0, 0.05) is 21.0 Å². The number of nitrogens with zero attached hydrogens (tertiary/aromatic N) is 2. The molecule has 0 saturated carbocycles. The molecule has 0 spiro atoms. The third-order valence-corrected chi connectivity index (χ3v) is 8.15. The number of amides is 1. The van der Waals surface area contributed by atoms with Crippen LogP contribution in [0.15, 0.2) is 57.9 Å². The van der Waals surface area contributed by atoms with Crippen molar-refractivity contribution in [1.29, 1.82) is 0 Å². The Bertz CT molecular complexity index is 1440. The van der Waals surface area contributed by atoms with E-state index in [2.05, 4.69) is 20.9 Å². The minimum atomic E-state index is -1.05. The van der Waals surface area contributed by atoms with Crippen molar-refractivity contribution in [2.45, 2.75) is 13.0 Å². The number of carbonyl (C=O) groups is 2. The topological polar surface area (TPSA) is 70.5 Å². The lowest BCUT2D eigenvalue weighted by Gasteiger charge is -2.21. The summed E-state index contributed by atoms with van der Waals surface area (Å²) in [6.45, 7) is 1.84. The van der Waals surface area contributed by atoms with Gasteiger partial charge >= 0.3 is 5.91 Å². The second-order valence-electron chi connectivity index (χ2n) is 7.38. The fourth-order valence-electron chi connectivity index (χ4n) is 3.71. The summed E-state index contributed by atoms with van der Waals surface area (Å²) in [5.41, 5.74) is 1.34. The number of aliphatic hydroxyl groups is 1. The SMILES string of the molecule is Cc1cc(/C(O)=C2\C(=O)C(=O)N(c3nc4cc(F)c(F)cc4s3)C2c2cccs2)ccc1Br. The number of thiophene rings is 1. The second kappa shape index (κ2) is 8.12. The molecule has 2 aromatic heterocycles. The standard InChI is InChI=1S/C23H13BrF2N2O3S2/c1-10-7-11(4-5-12(10)24)20(29)18-19(16-3-2-6-32-16)28(22(31)21(18)30)23-27-15-8-13(25)14(26)9-17(15)33-23/h2-9,19,29H,1H3/b20-18+. The molecule has 0 bridgehead atoms. The first-order valence-corrected chi connectivity index (χ1v) is 12.1. The maximum Gasteiger partial charge on any atom is 0.301 e. The van der Waals surface area contributed by atoms with E-state index in [-0.39, 0.29) is 22.0 Å². The van der Waals surface area contributed by atoms with E-state index in [0.717, 1.165) is 33.5 Å². The normalized spacial score (nSPS) is 17.9. The number of aryl methyl sites for hydroxylation is 1. The molecule has 1 aliphatic heterocycles. The average molecular weight is 547 g/mol. The third-order valence-electron chi connectivity index (χ3n) is 5.31. The van der Waals surface area contributed by atoms with Crippen LogP contribution in [-0.2, 0) is 9.59 Å². The van der Waals surface area contributed by atoms with Crippen LogP contribution in [0.25, 0.3) is 16.0 Å². The van der Waals surface area contributed by atoms with Crippen molar-refractivity contribution in [3.63, 3.8) is 0 Å². The van der Waals surface area contributed by atoms with Gasteiger partial charge in [-0.05, 0) is 42.1 Å². The van der Waals surface area contributed by atoms with Gasteiger partial charge in [0.05, 0.1) is 15.8 Å². The van der Waals surface area contributed by atoms with Crippen molar-refractivity contribution in [1.82, 2.24) is 4.98 Å². The molecule has 1 aliphatic rings. The first-order chi connectivity index (χ1) is 15.8. The van der Waals surface area contributed by atoms with Gasteiger partial charge in [-0.15, -0.1) is 11.3 Å². The van der Waals surface area contributed by atoms with E-state index in [1.165, 1.54) is 16.2 Å². The quantitative estimate of drug-likeness (QED) is 0.185. The number of ketones is 1. The molecule has 10 heteroatoms. The number of thiazole rings is 1. The predicted octanol–water partition coefficient (Wildman–Crippen LogP) is 6.33. The number of aromatic nitrogens is 1. The molecule has 1 fully saturated rings. The highest BCUT2D eigenvalue weighted by molar-refractivity contribution is 9.10. The van der Waals surface area contributed by atoms with Crippen molar-refractivity contribution in [2.24, 2.45) is 0 Å². The van der Waals surface area contributed by atoms with Crippen LogP contribution < -0.4 is 4.90 Å². The summed E-state index contributed by atoms with van der Waals surface area (Å²) in [4.78, 5) is 32.4.